The van der Waals surface area contributed by atoms with Crippen LogP contribution in [-0.2, 0) is 9.84 Å². The fourth-order valence-electron chi connectivity index (χ4n) is 3.76. The molecule has 25 heavy (non-hydrogen) atoms. The second-order valence-corrected chi connectivity index (χ2v) is 9.15. The van der Waals surface area contributed by atoms with Gasteiger partial charge in [0.05, 0.1) is 11.5 Å². The summed E-state index contributed by atoms with van der Waals surface area (Å²) >= 11 is 0. The highest BCUT2D eigenvalue weighted by molar-refractivity contribution is 7.90. The van der Waals surface area contributed by atoms with Gasteiger partial charge in [0, 0.05) is 38.5 Å². The summed E-state index contributed by atoms with van der Waals surface area (Å²) in [6, 6.07) is 4.52. The first-order chi connectivity index (χ1) is 11.9. The lowest BCUT2D eigenvalue weighted by atomic mass is 9.85. The Labute approximate surface area is 149 Å². The van der Waals surface area contributed by atoms with E-state index in [4.69, 9.17) is 4.74 Å². The minimum absolute atomic E-state index is 0.0196. The van der Waals surface area contributed by atoms with E-state index < -0.39 is 15.7 Å². The molecule has 5 nitrogen and oxygen atoms in total. The van der Waals surface area contributed by atoms with Gasteiger partial charge in [-0.25, -0.2) is 12.8 Å². The summed E-state index contributed by atoms with van der Waals surface area (Å²) in [5, 5.41) is 3.38. The third-order valence-corrected chi connectivity index (χ3v) is 6.40. The van der Waals surface area contributed by atoms with Gasteiger partial charge in [0.15, 0.2) is 21.4 Å². The van der Waals surface area contributed by atoms with Crippen LogP contribution in [0.25, 0.3) is 0 Å². The molecule has 1 heterocycles. The predicted molar refractivity (Wildman–Crippen MR) is 95.2 cm³/mol. The van der Waals surface area contributed by atoms with Gasteiger partial charge < -0.3 is 10.1 Å². The first kappa shape index (κ1) is 18.6. The molecule has 1 aliphatic heterocycles. The summed E-state index contributed by atoms with van der Waals surface area (Å²) in [5.74, 6) is -0.0396. The molecule has 3 rings (SSSR count). The average molecular weight is 370 g/mol. The van der Waals surface area contributed by atoms with Gasteiger partial charge >= 0.3 is 0 Å². The van der Waals surface area contributed by atoms with Crippen LogP contribution in [0, 0.1) is 11.7 Å². The quantitative estimate of drug-likeness (QED) is 0.860. The van der Waals surface area contributed by atoms with Crippen LogP contribution in [0.3, 0.4) is 0 Å². The summed E-state index contributed by atoms with van der Waals surface area (Å²) in [4.78, 5) is 2.56. The number of nitrogens with zero attached hydrogens (tertiary/aromatic N) is 1. The van der Waals surface area contributed by atoms with E-state index in [1.807, 2.05) is 0 Å². The monoisotopic (exact) mass is 370 g/mol. The number of ether oxygens (including phenoxy) is 1. The highest BCUT2D eigenvalue weighted by atomic mass is 32.2. The number of rotatable bonds is 5. The molecule has 1 aromatic rings. The van der Waals surface area contributed by atoms with Crippen LogP contribution in [0.5, 0.6) is 5.75 Å². The highest BCUT2D eigenvalue weighted by Gasteiger charge is 2.27. The molecule has 0 radical (unpaired) electrons. The van der Waals surface area contributed by atoms with E-state index >= 15 is 0 Å². The van der Waals surface area contributed by atoms with Crippen molar-refractivity contribution in [1.82, 2.24) is 10.2 Å². The molecule has 2 fully saturated rings. The maximum absolute atomic E-state index is 14.0. The molecule has 1 aromatic carbocycles. The van der Waals surface area contributed by atoms with Crippen LogP contribution >= 0.6 is 0 Å². The van der Waals surface area contributed by atoms with Crippen molar-refractivity contribution in [2.45, 2.75) is 36.6 Å². The van der Waals surface area contributed by atoms with Gasteiger partial charge in [-0.15, -0.1) is 0 Å². The number of piperazine rings is 1. The molecule has 0 aromatic heterocycles. The molecular formula is C18H27FN2O3S. The fourth-order valence-corrected chi connectivity index (χ4v) is 4.39. The summed E-state index contributed by atoms with van der Waals surface area (Å²) in [6.07, 6.45) is 5.60. The normalized spacial score (nSPS) is 25.7. The first-order valence-corrected chi connectivity index (χ1v) is 10.9. The molecule has 2 aliphatic rings. The Morgan fingerprint density at radius 2 is 1.88 bits per heavy atom. The van der Waals surface area contributed by atoms with Gasteiger partial charge in [0.1, 0.15) is 0 Å². The molecule has 140 valence electrons. The van der Waals surface area contributed by atoms with Crippen LogP contribution in [0.15, 0.2) is 23.1 Å². The summed E-state index contributed by atoms with van der Waals surface area (Å²) < 4.78 is 42.6. The van der Waals surface area contributed by atoms with Gasteiger partial charge in [-0.3, -0.25) is 4.90 Å². The molecule has 1 saturated heterocycles. The van der Waals surface area contributed by atoms with Crippen LogP contribution in [-0.4, -0.2) is 58.4 Å². The Hall–Kier alpha value is -1.18. The lowest BCUT2D eigenvalue weighted by Gasteiger charge is -2.39. The lowest BCUT2D eigenvalue weighted by molar-refractivity contribution is 0.105. The van der Waals surface area contributed by atoms with Gasteiger partial charge in [0.2, 0.25) is 0 Å². The maximum Gasteiger partial charge on any atom is 0.175 e. The lowest BCUT2D eigenvalue weighted by Crippen LogP contribution is -2.49. The number of sulfone groups is 1. The second-order valence-electron chi connectivity index (χ2n) is 7.14. The Kier molecular flexibility index (Phi) is 5.96. The van der Waals surface area contributed by atoms with Gasteiger partial charge in [0.25, 0.3) is 0 Å². The third kappa shape index (κ3) is 4.92. The first-order valence-electron chi connectivity index (χ1n) is 9.00. The number of nitrogens with one attached hydrogen (secondary N) is 1. The molecule has 0 unspecified atom stereocenters. The molecule has 0 spiro atoms. The van der Waals surface area contributed by atoms with E-state index in [0.29, 0.717) is 18.6 Å². The standard InChI is InChI=1S/C18H27FN2O3S/c1-25(22,23)16-6-7-18(17(19)12-16)24-13-14-2-4-15(5-3-14)21-10-8-20-9-11-21/h6-7,12,14-15,20H,2-5,8-11,13H2,1H3/t14-,15-. The number of halogens is 1. The molecule has 1 saturated carbocycles. The van der Waals surface area contributed by atoms with E-state index in [2.05, 4.69) is 10.2 Å². The van der Waals surface area contributed by atoms with E-state index in [9.17, 15) is 12.8 Å². The van der Waals surface area contributed by atoms with Crippen molar-refractivity contribution >= 4 is 9.84 Å². The van der Waals surface area contributed by atoms with Crippen molar-refractivity contribution in [2.75, 3.05) is 39.0 Å². The predicted octanol–water partition coefficient (Wildman–Crippen LogP) is 2.07. The second kappa shape index (κ2) is 8.01. The Morgan fingerprint density at radius 3 is 2.48 bits per heavy atom. The topological polar surface area (TPSA) is 58.6 Å². The molecule has 1 N–H and O–H groups in total. The molecule has 0 atom stereocenters. The molecule has 0 amide bonds. The van der Waals surface area contributed by atoms with Crippen molar-refractivity contribution in [3.63, 3.8) is 0 Å². The van der Waals surface area contributed by atoms with E-state index in [0.717, 1.165) is 51.3 Å². The fraction of sp³-hybridized carbons (Fsp3) is 0.667. The zero-order chi connectivity index (χ0) is 17.9. The van der Waals surface area contributed by atoms with Crippen LogP contribution in [0.4, 0.5) is 4.39 Å². The third-order valence-electron chi connectivity index (χ3n) is 5.29. The van der Waals surface area contributed by atoms with Crippen molar-refractivity contribution in [3.8, 4) is 5.75 Å². The van der Waals surface area contributed by atoms with Crippen LogP contribution in [0.1, 0.15) is 25.7 Å². The van der Waals surface area contributed by atoms with Crippen molar-refractivity contribution in [3.05, 3.63) is 24.0 Å². The maximum atomic E-state index is 14.0. The number of hydrogen-bond donors (Lipinski definition) is 1. The Morgan fingerprint density at radius 1 is 1.20 bits per heavy atom. The van der Waals surface area contributed by atoms with Crippen LogP contribution < -0.4 is 10.1 Å². The molecule has 7 heteroatoms. The minimum atomic E-state index is -3.40. The number of benzene rings is 1. The van der Waals surface area contributed by atoms with Crippen molar-refractivity contribution < 1.29 is 17.5 Å². The Bertz CT molecular complexity index is 682. The molecular weight excluding hydrogens is 343 g/mol. The minimum Gasteiger partial charge on any atom is -0.490 e. The average Bonchev–Trinajstić information content (AvgIpc) is 2.61. The molecule has 1 aliphatic carbocycles. The van der Waals surface area contributed by atoms with Crippen molar-refractivity contribution in [2.24, 2.45) is 5.92 Å². The smallest absolute Gasteiger partial charge is 0.175 e. The van der Waals surface area contributed by atoms with Gasteiger partial charge in [-0.2, -0.15) is 0 Å². The highest BCUT2D eigenvalue weighted by Crippen LogP contribution is 2.29. The Balaban J connectivity index is 1.48. The summed E-state index contributed by atoms with van der Waals surface area (Å²) in [5.41, 5.74) is 0. The summed E-state index contributed by atoms with van der Waals surface area (Å²) in [7, 11) is -3.40. The van der Waals surface area contributed by atoms with Crippen molar-refractivity contribution in [1.29, 1.82) is 0 Å². The zero-order valence-corrected chi connectivity index (χ0v) is 15.5. The van der Waals surface area contributed by atoms with E-state index in [-0.39, 0.29) is 10.6 Å². The SMILES string of the molecule is CS(=O)(=O)c1ccc(OC[C@H]2CC[C@H](N3CCNCC3)CC2)c(F)c1. The number of hydrogen-bond acceptors (Lipinski definition) is 5. The largest absolute Gasteiger partial charge is 0.490 e. The molecule has 0 bridgehead atoms. The van der Waals surface area contributed by atoms with Gasteiger partial charge in [-0.05, 0) is 49.8 Å². The zero-order valence-electron chi connectivity index (χ0n) is 14.7. The van der Waals surface area contributed by atoms with Gasteiger partial charge in [-0.1, -0.05) is 0 Å². The van der Waals surface area contributed by atoms with Crippen LogP contribution in [0.2, 0.25) is 0 Å². The summed E-state index contributed by atoms with van der Waals surface area (Å²) in [6.45, 7) is 4.90. The van der Waals surface area contributed by atoms with E-state index in [1.54, 1.807) is 0 Å². The van der Waals surface area contributed by atoms with E-state index in [1.165, 1.54) is 25.0 Å².